The van der Waals surface area contributed by atoms with Crippen LogP contribution in [0.15, 0.2) is 29.4 Å². The Morgan fingerprint density at radius 3 is 2.56 bits per heavy atom. The number of amides is 2. The number of oxime groups is 1. The third kappa shape index (κ3) is 2.32. The fraction of sp³-hybridized carbons (Fsp3) is 0.550. The second-order valence-electron chi connectivity index (χ2n) is 8.45. The van der Waals surface area contributed by atoms with Gasteiger partial charge in [-0.25, -0.2) is 0 Å². The summed E-state index contributed by atoms with van der Waals surface area (Å²) in [6.45, 7) is 1.26. The quantitative estimate of drug-likeness (QED) is 0.762. The predicted octanol–water partition coefficient (Wildman–Crippen LogP) is 0.455. The largest absolute Gasteiger partial charge is 0.391 e. The highest BCUT2D eigenvalue weighted by Crippen LogP contribution is 2.61. The summed E-state index contributed by atoms with van der Waals surface area (Å²) in [7, 11) is 4.06. The second-order valence-corrected chi connectivity index (χ2v) is 8.86. The number of carbonyl (C=O) groups is 2. The number of likely N-dealkylation sites (tertiary alicyclic amines) is 1. The maximum Gasteiger partial charge on any atom is 0.233 e. The summed E-state index contributed by atoms with van der Waals surface area (Å²) in [6.07, 6.45) is 0.747. The molecule has 3 fully saturated rings. The number of carbonyl (C=O) groups excluding carboxylic acids is 2. The van der Waals surface area contributed by atoms with E-state index in [4.69, 9.17) is 16.4 Å². The molecule has 1 aromatic carbocycles. The van der Waals surface area contributed by atoms with E-state index < -0.39 is 0 Å². The highest BCUT2D eigenvalue weighted by molar-refractivity contribution is 6.34. The first-order valence-electron chi connectivity index (χ1n) is 9.62. The second kappa shape index (κ2) is 6.04. The number of hydrogen-bond acceptors (Lipinski definition) is 4. The number of quaternary nitrogens is 1. The molecule has 0 spiro atoms. The van der Waals surface area contributed by atoms with E-state index in [0.29, 0.717) is 11.6 Å². The summed E-state index contributed by atoms with van der Waals surface area (Å²) < 4.78 is 0. The van der Waals surface area contributed by atoms with Crippen LogP contribution in [0.5, 0.6) is 0 Å². The molecule has 1 N–H and O–H groups in total. The van der Waals surface area contributed by atoms with Crippen molar-refractivity contribution in [3.05, 3.63) is 34.9 Å². The first kappa shape index (κ1) is 17.2. The van der Waals surface area contributed by atoms with Gasteiger partial charge in [-0.2, -0.15) is 0 Å². The van der Waals surface area contributed by atoms with Gasteiger partial charge in [0.25, 0.3) is 0 Å². The molecule has 142 valence electrons. The number of likely N-dealkylation sites (N-methyl/N-ethyl adjacent to an activating group) is 1. The zero-order valence-corrected chi connectivity index (χ0v) is 16.1. The Balaban J connectivity index is 1.44. The van der Waals surface area contributed by atoms with Gasteiger partial charge in [-0.1, -0.05) is 35.0 Å². The van der Waals surface area contributed by atoms with Gasteiger partial charge in [0.15, 0.2) is 0 Å². The minimum Gasteiger partial charge on any atom is -0.391 e. The first-order chi connectivity index (χ1) is 13.0. The molecule has 2 aliphatic carbocycles. The maximum absolute atomic E-state index is 13.1. The molecule has 4 aliphatic rings. The molecule has 2 saturated carbocycles. The van der Waals surface area contributed by atoms with Gasteiger partial charge in [0.1, 0.15) is 6.10 Å². The van der Waals surface area contributed by atoms with Crippen molar-refractivity contribution < 1.29 is 19.3 Å². The van der Waals surface area contributed by atoms with Crippen molar-refractivity contribution in [3.63, 3.8) is 0 Å². The van der Waals surface area contributed by atoms with Crippen molar-refractivity contribution in [1.29, 1.82) is 0 Å². The zero-order chi connectivity index (χ0) is 18.9. The molecule has 2 amide bonds. The van der Waals surface area contributed by atoms with Crippen LogP contribution in [-0.2, 0) is 14.4 Å². The highest BCUT2D eigenvalue weighted by Gasteiger charge is 2.70. The Hall–Kier alpha value is -1.92. The Morgan fingerprint density at radius 2 is 1.85 bits per heavy atom. The van der Waals surface area contributed by atoms with Crippen molar-refractivity contribution in [2.24, 2.45) is 34.7 Å². The molecule has 1 saturated heterocycles. The number of halogens is 1. The van der Waals surface area contributed by atoms with Crippen molar-refractivity contribution in [3.8, 4) is 0 Å². The molecule has 2 bridgehead atoms. The smallest absolute Gasteiger partial charge is 0.233 e. The normalized spacial score (nSPS) is 36.3. The molecular formula is C20H23ClN3O3+. The lowest BCUT2D eigenvalue weighted by Gasteiger charge is -2.30. The fourth-order valence-electron chi connectivity index (χ4n) is 5.63. The lowest BCUT2D eigenvalue weighted by Crippen LogP contribution is -3.06. The van der Waals surface area contributed by atoms with Crippen LogP contribution in [0.2, 0.25) is 5.02 Å². The average Bonchev–Trinajstić information content (AvgIpc) is 3.35. The lowest BCUT2D eigenvalue weighted by atomic mass is 9.71. The summed E-state index contributed by atoms with van der Waals surface area (Å²) in [4.78, 5) is 34.6. The van der Waals surface area contributed by atoms with Crippen LogP contribution in [0.4, 0.5) is 0 Å². The van der Waals surface area contributed by atoms with Crippen LogP contribution in [-0.4, -0.2) is 55.7 Å². The molecule has 6 atom stereocenters. The third-order valence-corrected chi connectivity index (χ3v) is 7.10. The topological polar surface area (TPSA) is 63.4 Å². The lowest BCUT2D eigenvalue weighted by molar-refractivity contribution is -0.857. The summed E-state index contributed by atoms with van der Waals surface area (Å²) in [5, 5.41) is 4.98. The third-order valence-electron chi connectivity index (χ3n) is 6.77. The highest BCUT2D eigenvalue weighted by atomic mass is 35.5. The fourth-order valence-corrected chi connectivity index (χ4v) is 5.87. The summed E-state index contributed by atoms with van der Waals surface area (Å²) >= 11 is 6.39. The SMILES string of the molecule is C[NH+](C)CCN1C(=O)[C@@H]2[C@H]3C[C@H]([C@H]4ON=C(c5ccccc5Cl)[C@@H]34)[C@@H]2C1=O. The van der Waals surface area contributed by atoms with E-state index in [-0.39, 0.29) is 47.5 Å². The van der Waals surface area contributed by atoms with Gasteiger partial charge in [0.05, 0.1) is 44.7 Å². The molecule has 2 aliphatic heterocycles. The predicted molar refractivity (Wildman–Crippen MR) is 99.3 cm³/mol. The van der Waals surface area contributed by atoms with Crippen molar-refractivity contribution >= 4 is 29.1 Å². The number of fused-ring (bicyclic) bond motifs is 8. The van der Waals surface area contributed by atoms with Crippen LogP contribution in [0, 0.1) is 29.6 Å². The first-order valence-corrected chi connectivity index (χ1v) is 9.99. The standard InChI is InChI=1S/C20H22ClN3O3/c1-23(2)7-8-24-19(25)14-11-9-12(15(14)20(24)26)18-16(11)17(22-27-18)10-5-3-4-6-13(10)21/h3-6,11-12,14-16,18H,7-9H2,1-2H3/p+1/t11-,12+,14-,15+,16-,18-/m1/s1. The number of nitrogens with zero attached hydrogens (tertiary/aromatic N) is 2. The van der Waals surface area contributed by atoms with Crippen LogP contribution in [0.3, 0.4) is 0 Å². The number of imide groups is 1. The van der Waals surface area contributed by atoms with Crippen molar-refractivity contribution in [2.75, 3.05) is 27.2 Å². The molecule has 1 aromatic rings. The van der Waals surface area contributed by atoms with Crippen LogP contribution in [0.1, 0.15) is 12.0 Å². The van der Waals surface area contributed by atoms with E-state index in [1.807, 2.05) is 38.4 Å². The van der Waals surface area contributed by atoms with E-state index in [9.17, 15) is 9.59 Å². The number of hydrogen-bond donors (Lipinski definition) is 1. The average molecular weight is 389 g/mol. The Morgan fingerprint density at radius 1 is 1.15 bits per heavy atom. The van der Waals surface area contributed by atoms with Gasteiger partial charge in [0.2, 0.25) is 11.8 Å². The van der Waals surface area contributed by atoms with E-state index in [2.05, 4.69) is 5.16 Å². The minimum atomic E-state index is -0.235. The van der Waals surface area contributed by atoms with E-state index in [1.54, 1.807) is 0 Å². The van der Waals surface area contributed by atoms with E-state index >= 15 is 0 Å². The zero-order valence-electron chi connectivity index (χ0n) is 15.4. The van der Waals surface area contributed by atoms with Gasteiger partial charge < -0.3 is 9.74 Å². The maximum atomic E-state index is 13.1. The molecule has 0 aromatic heterocycles. The molecule has 7 heteroatoms. The van der Waals surface area contributed by atoms with E-state index in [0.717, 1.165) is 24.2 Å². The monoisotopic (exact) mass is 388 g/mol. The van der Waals surface area contributed by atoms with Gasteiger partial charge >= 0.3 is 0 Å². The molecule has 0 radical (unpaired) electrons. The van der Waals surface area contributed by atoms with E-state index in [1.165, 1.54) is 9.80 Å². The van der Waals surface area contributed by atoms with Gasteiger partial charge in [-0.3, -0.25) is 14.5 Å². The van der Waals surface area contributed by atoms with Crippen LogP contribution >= 0.6 is 11.6 Å². The van der Waals surface area contributed by atoms with Gasteiger partial charge in [-0.05, 0) is 18.4 Å². The van der Waals surface area contributed by atoms with Crippen LogP contribution in [0.25, 0.3) is 0 Å². The summed E-state index contributed by atoms with van der Waals surface area (Å²) in [6, 6.07) is 7.62. The molecule has 5 rings (SSSR count). The Bertz CT molecular complexity index is 855. The number of benzene rings is 1. The summed E-state index contributed by atoms with van der Waals surface area (Å²) in [5.41, 5.74) is 1.72. The van der Waals surface area contributed by atoms with Gasteiger partial charge in [-0.15, -0.1) is 0 Å². The summed E-state index contributed by atoms with van der Waals surface area (Å²) in [5.74, 6) is -0.239. The molecule has 2 heterocycles. The number of rotatable bonds is 4. The molecule has 27 heavy (non-hydrogen) atoms. The Kier molecular flexibility index (Phi) is 3.85. The number of nitrogens with one attached hydrogen (secondary N) is 1. The molecular weight excluding hydrogens is 366 g/mol. The van der Waals surface area contributed by atoms with Gasteiger partial charge in [0, 0.05) is 22.4 Å². The Labute approximate surface area is 163 Å². The minimum absolute atomic E-state index is 0.00242. The molecule has 6 nitrogen and oxygen atoms in total. The van der Waals surface area contributed by atoms with Crippen molar-refractivity contribution in [2.45, 2.75) is 12.5 Å². The molecule has 0 unspecified atom stereocenters. The van der Waals surface area contributed by atoms with Crippen LogP contribution < -0.4 is 4.90 Å². The van der Waals surface area contributed by atoms with Crippen molar-refractivity contribution in [1.82, 2.24) is 4.90 Å².